The maximum absolute atomic E-state index is 14.0. The number of para-hydroxylation sites is 1. The van der Waals surface area contributed by atoms with Crippen molar-refractivity contribution in [2.45, 2.75) is 65.2 Å². The number of hydrogen-bond donors (Lipinski definition) is 4. The van der Waals surface area contributed by atoms with Gasteiger partial charge in [-0.3, -0.25) is 9.59 Å². The molecule has 8 heteroatoms. The lowest BCUT2D eigenvalue weighted by Gasteiger charge is -2.20. The summed E-state index contributed by atoms with van der Waals surface area (Å²) in [4.78, 5) is 25.0. The monoisotopic (exact) mass is 574 g/mol. The number of nitrogens with one attached hydrogen (secondary N) is 1. The van der Waals surface area contributed by atoms with E-state index in [1.807, 2.05) is 79.1 Å². The molecule has 4 N–H and O–H groups in total. The number of aromatic nitrogens is 1. The number of hydrogen-bond acceptors (Lipinski definition) is 4. The van der Waals surface area contributed by atoms with Gasteiger partial charge in [-0.05, 0) is 66.3 Å². The molecule has 2 atom stereocenters. The van der Waals surface area contributed by atoms with Crippen LogP contribution in [-0.4, -0.2) is 44.0 Å². The summed E-state index contributed by atoms with van der Waals surface area (Å²) < 4.78 is 16.0. The number of rotatable bonds is 12. The first kappa shape index (κ1) is 32.2. The number of nitrogens with zero attached hydrogens (tertiary/aromatic N) is 1. The van der Waals surface area contributed by atoms with Crippen LogP contribution in [0.5, 0.6) is 0 Å². The number of benzene rings is 3. The Balaban J connectivity index is 0.00000484. The zero-order chi connectivity index (χ0) is 29.5. The minimum absolute atomic E-state index is 0. The lowest BCUT2D eigenvalue weighted by atomic mass is 9.94. The molecule has 0 spiro atoms. The third kappa shape index (κ3) is 7.72. The van der Waals surface area contributed by atoms with Crippen molar-refractivity contribution in [3.8, 4) is 22.4 Å². The second kappa shape index (κ2) is 14.6. The van der Waals surface area contributed by atoms with Crippen LogP contribution in [0.25, 0.3) is 22.4 Å². The number of carbonyl (C=O) groups excluding carboxylic acids is 1. The Hall–Kier alpha value is -4.27. The lowest BCUT2D eigenvalue weighted by molar-refractivity contribution is -0.139. The molecule has 4 aromatic rings. The summed E-state index contributed by atoms with van der Waals surface area (Å²) in [6.07, 6.45) is -2.51. The van der Waals surface area contributed by atoms with E-state index >= 15 is 0 Å². The molecule has 1 aromatic heterocycles. The molecule has 42 heavy (non-hydrogen) atoms. The quantitative estimate of drug-likeness (QED) is 0.146. The fourth-order valence-electron chi connectivity index (χ4n) is 5.20. The van der Waals surface area contributed by atoms with E-state index in [1.165, 1.54) is 12.1 Å². The highest BCUT2D eigenvalue weighted by molar-refractivity contribution is 6.12. The molecule has 4 rings (SSSR count). The van der Waals surface area contributed by atoms with Crippen molar-refractivity contribution < 1.29 is 29.3 Å². The van der Waals surface area contributed by atoms with Crippen molar-refractivity contribution in [1.29, 1.82) is 0 Å². The van der Waals surface area contributed by atoms with E-state index in [0.29, 0.717) is 28.1 Å². The van der Waals surface area contributed by atoms with E-state index in [0.717, 1.165) is 11.3 Å². The van der Waals surface area contributed by atoms with Crippen LogP contribution in [0.2, 0.25) is 0 Å². The van der Waals surface area contributed by atoms with Crippen molar-refractivity contribution in [2.24, 2.45) is 0 Å². The van der Waals surface area contributed by atoms with Crippen molar-refractivity contribution in [1.82, 2.24) is 4.57 Å². The van der Waals surface area contributed by atoms with Gasteiger partial charge in [-0.2, -0.15) is 0 Å². The van der Waals surface area contributed by atoms with Gasteiger partial charge in [-0.25, -0.2) is 4.39 Å². The molecule has 222 valence electrons. The summed E-state index contributed by atoms with van der Waals surface area (Å²) in [5, 5.41) is 32.8. The normalized spacial score (nSPS) is 12.4. The number of carboxylic acids is 1. The number of carbonyl (C=O) groups is 2. The van der Waals surface area contributed by atoms with Crippen LogP contribution in [0.4, 0.5) is 10.1 Å². The summed E-state index contributed by atoms with van der Waals surface area (Å²) in [7, 11) is 0. The van der Waals surface area contributed by atoms with Crippen LogP contribution in [0.3, 0.4) is 0 Å². The highest BCUT2D eigenvalue weighted by Gasteiger charge is 2.31. The first-order valence-electron chi connectivity index (χ1n) is 13.7. The van der Waals surface area contributed by atoms with Gasteiger partial charge in [-0.1, -0.05) is 69.8 Å². The van der Waals surface area contributed by atoms with E-state index in [-0.39, 0.29) is 44.5 Å². The summed E-state index contributed by atoms with van der Waals surface area (Å²) >= 11 is 0. The average molecular weight is 575 g/mol. The SMILES string of the molecule is C.CC(C)c1c(C(=O)Nc2ccccc2)c(-c2ccccc2)c(-c2ccc(F)cc2)n1CC[C@@H](O)C[C@@H](O)CC(=O)O. The third-order valence-electron chi connectivity index (χ3n) is 6.93. The second-order valence-electron chi connectivity index (χ2n) is 10.4. The molecule has 1 amide bonds. The molecule has 0 aliphatic rings. The number of carboxylic acid groups (broad SMARTS) is 1. The van der Waals surface area contributed by atoms with Crippen molar-refractivity contribution in [3.63, 3.8) is 0 Å². The van der Waals surface area contributed by atoms with Crippen molar-refractivity contribution in [2.75, 3.05) is 5.32 Å². The number of amides is 1. The predicted molar refractivity (Wildman–Crippen MR) is 164 cm³/mol. The van der Waals surface area contributed by atoms with Crippen LogP contribution >= 0.6 is 0 Å². The lowest BCUT2D eigenvalue weighted by Crippen LogP contribution is -2.22. The molecule has 0 aliphatic carbocycles. The molecule has 0 unspecified atom stereocenters. The molecule has 0 saturated carbocycles. The van der Waals surface area contributed by atoms with Gasteiger partial charge in [-0.15, -0.1) is 0 Å². The highest BCUT2D eigenvalue weighted by atomic mass is 19.1. The van der Waals surface area contributed by atoms with Crippen molar-refractivity contribution >= 4 is 17.6 Å². The topological polar surface area (TPSA) is 112 Å². The van der Waals surface area contributed by atoms with E-state index < -0.39 is 24.6 Å². The van der Waals surface area contributed by atoms with Crippen LogP contribution in [-0.2, 0) is 11.3 Å². The summed E-state index contributed by atoms with van der Waals surface area (Å²) in [6, 6.07) is 24.8. The number of aliphatic carboxylic acids is 1. The molecular weight excluding hydrogens is 535 g/mol. The number of anilines is 1. The smallest absolute Gasteiger partial charge is 0.305 e. The van der Waals surface area contributed by atoms with E-state index in [2.05, 4.69) is 5.32 Å². The predicted octanol–water partition coefficient (Wildman–Crippen LogP) is 6.95. The molecule has 0 fully saturated rings. The summed E-state index contributed by atoms with van der Waals surface area (Å²) in [6.45, 7) is 4.25. The fraction of sp³-hybridized carbons (Fsp3) is 0.294. The summed E-state index contributed by atoms with van der Waals surface area (Å²) in [5.41, 5.74) is 4.77. The van der Waals surface area contributed by atoms with E-state index in [1.54, 1.807) is 12.1 Å². The third-order valence-corrected chi connectivity index (χ3v) is 6.93. The van der Waals surface area contributed by atoms with Crippen LogP contribution in [0, 0.1) is 5.82 Å². The first-order chi connectivity index (χ1) is 19.7. The van der Waals surface area contributed by atoms with Gasteiger partial charge in [0.25, 0.3) is 5.91 Å². The van der Waals surface area contributed by atoms with E-state index in [9.17, 15) is 24.2 Å². The minimum atomic E-state index is -1.18. The summed E-state index contributed by atoms with van der Waals surface area (Å²) in [5.74, 6) is -1.93. The number of aliphatic hydroxyl groups excluding tert-OH is 2. The van der Waals surface area contributed by atoms with E-state index in [4.69, 9.17) is 5.11 Å². The standard InChI is InChI=1S/C33H35FN2O5.CH4/c1-21(2)31-30(33(41)35-25-11-7-4-8-12-25)29(22-9-5-3-6-10-22)32(23-13-15-24(34)16-14-23)36(31)18-17-26(37)19-27(38)20-28(39)40;/h3-16,21,26-27,37-38H,17-20H2,1-2H3,(H,35,41)(H,39,40);1H4/t26-,27-;/m1./s1. The van der Waals surface area contributed by atoms with Crippen molar-refractivity contribution in [3.05, 3.63) is 102 Å². The Morgan fingerprint density at radius 2 is 1.45 bits per heavy atom. The number of aliphatic hydroxyl groups is 2. The van der Waals surface area contributed by atoms with Gasteiger partial charge >= 0.3 is 5.97 Å². The fourth-order valence-corrected chi connectivity index (χ4v) is 5.20. The maximum atomic E-state index is 14.0. The van der Waals surface area contributed by atoms with Gasteiger partial charge in [0.05, 0.1) is 29.9 Å². The largest absolute Gasteiger partial charge is 0.481 e. The molecule has 0 radical (unpaired) electrons. The molecule has 1 heterocycles. The Labute approximate surface area is 246 Å². The van der Waals surface area contributed by atoms with Crippen LogP contribution in [0.15, 0.2) is 84.9 Å². The first-order valence-corrected chi connectivity index (χ1v) is 13.7. The van der Waals surface area contributed by atoms with Crippen LogP contribution in [0.1, 0.15) is 62.5 Å². The maximum Gasteiger partial charge on any atom is 0.305 e. The average Bonchev–Trinajstić information content (AvgIpc) is 3.28. The van der Waals surface area contributed by atoms with Crippen LogP contribution < -0.4 is 5.32 Å². The Morgan fingerprint density at radius 1 is 0.857 bits per heavy atom. The molecule has 7 nitrogen and oxygen atoms in total. The van der Waals surface area contributed by atoms with Gasteiger partial charge in [0, 0.05) is 23.5 Å². The van der Waals surface area contributed by atoms with Gasteiger partial charge in [0.2, 0.25) is 0 Å². The van der Waals surface area contributed by atoms with Gasteiger partial charge in [0.1, 0.15) is 5.82 Å². The van der Waals surface area contributed by atoms with Gasteiger partial charge in [0.15, 0.2) is 0 Å². The molecule has 0 bridgehead atoms. The highest BCUT2D eigenvalue weighted by Crippen LogP contribution is 2.42. The minimum Gasteiger partial charge on any atom is -0.481 e. The Bertz CT molecular complexity index is 1470. The Kier molecular flexibility index (Phi) is 11.2. The zero-order valence-corrected chi connectivity index (χ0v) is 23.1. The molecule has 0 saturated heterocycles. The molecule has 3 aromatic carbocycles. The molecular formula is C34H39FN2O5. The Morgan fingerprint density at radius 3 is 2.02 bits per heavy atom. The molecule has 0 aliphatic heterocycles. The second-order valence-corrected chi connectivity index (χ2v) is 10.4. The van der Waals surface area contributed by atoms with Gasteiger partial charge < -0.3 is 25.2 Å². The zero-order valence-electron chi connectivity index (χ0n) is 23.1. The number of halogens is 1.